The highest BCUT2D eigenvalue weighted by Crippen LogP contribution is 2.37. The Hall–Kier alpha value is -3.17. The van der Waals surface area contributed by atoms with E-state index >= 15 is 0 Å². The summed E-state index contributed by atoms with van der Waals surface area (Å²) < 4.78 is 0. The van der Waals surface area contributed by atoms with Crippen LogP contribution in [0, 0.1) is 0 Å². The van der Waals surface area contributed by atoms with Gasteiger partial charge < -0.3 is 0 Å². The Labute approximate surface area is 161 Å². The first-order valence-electron chi connectivity index (χ1n) is 8.79. The minimum atomic E-state index is 0.00122. The van der Waals surface area contributed by atoms with Crippen LogP contribution in [0.25, 0.3) is 10.8 Å². The number of Topliss-reactive ketones (excluding diaryl/α,β-unsaturated/α-hetero) is 1. The van der Waals surface area contributed by atoms with Gasteiger partial charge in [0.15, 0.2) is 0 Å². The third-order valence-corrected chi connectivity index (χ3v) is 5.76. The molecule has 0 saturated carbocycles. The van der Waals surface area contributed by atoms with Crippen molar-refractivity contribution < 1.29 is 4.79 Å². The van der Waals surface area contributed by atoms with Crippen LogP contribution in [-0.4, -0.2) is 11.5 Å². The van der Waals surface area contributed by atoms with E-state index in [1.165, 1.54) is 0 Å². The van der Waals surface area contributed by atoms with Gasteiger partial charge in [0.05, 0.1) is 5.69 Å². The van der Waals surface area contributed by atoms with E-state index in [1.807, 2.05) is 78.9 Å². The molecule has 27 heavy (non-hydrogen) atoms. The molecule has 0 spiro atoms. The van der Waals surface area contributed by atoms with Gasteiger partial charge in [0.1, 0.15) is 5.71 Å². The molecule has 1 aliphatic rings. The Balaban J connectivity index is 1.63. The minimum absolute atomic E-state index is 0.00122. The molecular weight excluding hydrogens is 350 g/mol. The van der Waals surface area contributed by atoms with E-state index in [2.05, 4.69) is 12.1 Å². The summed E-state index contributed by atoms with van der Waals surface area (Å²) in [7, 11) is 0. The summed E-state index contributed by atoms with van der Waals surface area (Å²) in [6.07, 6.45) is 0. The van der Waals surface area contributed by atoms with Gasteiger partial charge in [-0.2, -0.15) is 0 Å². The van der Waals surface area contributed by atoms with Crippen molar-refractivity contribution in [2.45, 2.75) is 9.79 Å². The molecule has 128 valence electrons. The van der Waals surface area contributed by atoms with Crippen LogP contribution < -0.4 is 0 Å². The minimum Gasteiger partial charge on any atom is -0.287 e. The highest BCUT2D eigenvalue weighted by molar-refractivity contribution is 7.99. The highest BCUT2D eigenvalue weighted by atomic mass is 32.2. The fourth-order valence-electron chi connectivity index (χ4n) is 3.46. The topological polar surface area (TPSA) is 29.4 Å². The van der Waals surface area contributed by atoms with Crippen LogP contribution in [0.4, 0.5) is 5.69 Å². The Kier molecular flexibility index (Phi) is 3.88. The molecule has 0 amide bonds. The number of para-hydroxylation sites is 1. The van der Waals surface area contributed by atoms with Crippen molar-refractivity contribution in [2.24, 2.45) is 4.99 Å². The van der Waals surface area contributed by atoms with E-state index in [1.54, 1.807) is 11.8 Å². The molecular formula is C24H15NOS. The largest absolute Gasteiger partial charge is 0.287 e. The maximum absolute atomic E-state index is 13.0. The first-order valence-corrected chi connectivity index (χ1v) is 9.60. The van der Waals surface area contributed by atoms with Crippen molar-refractivity contribution in [3.05, 3.63) is 102 Å². The van der Waals surface area contributed by atoms with Gasteiger partial charge in [-0.3, -0.25) is 4.79 Å². The number of rotatable bonds is 3. The molecule has 4 aromatic rings. The lowest BCUT2D eigenvalue weighted by molar-refractivity contribution is 0.107. The molecule has 3 heteroatoms. The summed E-state index contributed by atoms with van der Waals surface area (Å²) in [5.41, 5.74) is 3.02. The molecule has 0 N–H and O–H groups in total. The van der Waals surface area contributed by atoms with Crippen LogP contribution in [0.3, 0.4) is 0 Å². The standard InChI is InChI=1S/C24H15NOS/c26-24-19-13-7-9-16-8-6-12-18(22(16)19)23(24)25-20-14-4-5-15-21(20)27-17-10-2-1-3-11-17/h1-15H. The van der Waals surface area contributed by atoms with E-state index in [9.17, 15) is 4.79 Å². The number of carbonyl (C=O) groups is 1. The van der Waals surface area contributed by atoms with Crippen LogP contribution in [0.1, 0.15) is 15.9 Å². The van der Waals surface area contributed by atoms with Crippen molar-refractivity contribution in [2.75, 3.05) is 0 Å². The van der Waals surface area contributed by atoms with E-state index in [4.69, 9.17) is 4.99 Å². The normalized spacial score (nSPS) is 14.2. The lowest BCUT2D eigenvalue weighted by Crippen LogP contribution is -2.08. The summed E-state index contributed by atoms with van der Waals surface area (Å²) in [6.45, 7) is 0. The van der Waals surface area contributed by atoms with Crippen LogP contribution in [0.15, 0.2) is 106 Å². The van der Waals surface area contributed by atoms with E-state index < -0.39 is 0 Å². The lowest BCUT2D eigenvalue weighted by atomic mass is 10.1. The van der Waals surface area contributed by atoms with Crippen LogP contribution in [0.2, 0.25) is 0 Å². The van der Waals surface area contributed by atoms with Gasteiger partial charge in [-0.1, -0.05) is 78.5 Å². The second-order valence-corrected chi connectivity index (χ2v) is 7.50. The molecule has 0 bridgehead atoms. The van der Waals surface area contributed by atoms with Gasteiger partial charge in [0.2, 0.25) is 5.78 Å². The molecule has 0 saturated heterocycles. The Morgan fingerprint density at radius 1 is 0.667 bits per heavy atom. The first kappa shape index (κ1) is 16.0. The molecule has 0 unspecified atom stereocenters. The summed E-state index contributed by atoms with van der Waals surface area (Å²) >= 11 is 1.66. The number of hydrogen-bond donors (Lipinski definition) is 0. The van der Waals surface area contributed by atoms with Crippen molar-refractivity contribution in [3.8, 4) is 0 Å². The molecule has 2 nitrogen and oxygen atoms in total. The van der Waals surface area contributed by atoms with Crippen LogP contribution >= 0.6 is 11.8 Å². The molecule has 0 aromatic heterocycles. The summed E-state index contributed by atoms with van der Waals surface area (Å²) in [5, 5.41) is 2.09. The van der Waals surface area contributed by atoms with Crippen molar-refractivity contribution in [1.29, 1.82) is 0 Å². The second-order valence-electron chi connectivity index (χ2n) is 6.38. The lowest BCUT2D eigenvalue weighted by Gasteiger charge is -2.06. The highest BCUT2D eigenvalue weighted by Gasteiger charge is 2.28. The van der Waals surface area contributed by atoms with Crippen molar-refractivity contribution in [3.63, 3.8) is 0 Å². The van der Waals surface area contributed by atoms with Gasteiger partial charge >= 0.3 is 0 Å². The smallest absolute Gasteiger partial charge is 0.212 e. The average Bonchev–Trinajstić information content (AvgIpc) is 2.98. The predicted molar refractivity (Wildman–Crippen MR) is 111 cm³/mol. The number of ketones is 1. The third-order valence-electron chi connectivity index (χ3n) is 4.69. The zero-order valence-corrected chi connectivity index (χ0v) is 15.2. The number of benzene rings is 4. The van der Waals surface area contributed by atoms with Gasteiger partial charge in [-0.05, 0) is 29.7 Å². The SMILES string of the molecule is O=C1C(=Nc2ccccc2Sc2ccccc2)c2cccc3cccc1c23. The van der Waals surface area contributed by atoms with Gasteiger partial charge in [-0.15, -0.1) is 0 Å². The summed E-state index contributed by atoms with van der Waals surface area (Å²) in [5.74, 6) is 0.00122. The zero-order valence-electron chi connectivity index (χ0n) is 14.4. The zero-order chi connectivity index (χ0) is 18.2. The molecule has 0 atom stereocenters. The average molecular weight is 365 g/mol. The predicted octanol–water partition coefficient (Wildman–Crippen LogP) is 6.31. The molecule has 1 aliphatic carbocycles. The third kappa shape index (κ3) is 2.77. The van der Waals surface area contributed by atoms with Crippen molar-refractivity contribution >= 4 is 39.7 Å². The van der Waals surface area contributed by atoms with Gasteiger partial charge in [-0.25, -0.2) is 4.99 Å². The molecule has 0 fully saturated rings. The molecule has 0 radical (unpaired) electrons. The Bertz CT molecular complexity index is 1210. The number of nitrogens with zero attached hydrogens (tertiary/aromatic N) is 1. The monoisotopic (exact) mass is 365 g/mol. The van der Waals surface area contributed by atoms with E-state index in [-0.39, 0.29) is 5.78 Å². The number of carbonyl (C=O) groups excluding carboxylic acids is 1. The number of hydrogen-bond acceptors (Lipinski definition) is 3. The molecule has 0 heterocycles. The molecule has 4 aromatic carbocycles. The van der Waals surface area contributed by atoms with Crippen LogP contribution in [-0.2, 0) is 0 Å². The Morgan fingerprint density at radius 2 is 1.37 bits per heavy atom. The van der Waals surface area contributed by atoms with E-state index in [0.29, 0.717) is 5.71 Å². The van der Waals surface area contributed by atoms with Crippen LogP contribution in [0.5, 0.6) is 0 Å². The van der Waals surface area contributed by atoms with Gasteiger partial charge in [0, 0.05) is 26.3 Å². The Morgan fingerprint density at radius 3 is 2.19 bits per heavy atom. The summed E-state index contributed by atoms with van der Waals surface area (Å²) in [6, 6.07) is 30.1. The van der Waals surface area contributed by atoms with Gasteiger partial charge in [0.25, 0.3) is 0 Å². The fraction of sp³-hybridized carbons (Fsp3) is 0. The molecule has 0 aliphatic heterocycles. The number of aliphatic imine (C=N–C) groups is 1. The van der Waals surface area contributed by atoms with Crippen molar-refractivity contribution in [1.82, 2.24) is 0 Å². The maximum atomic E-state index is 13.0. The fourth-order valence-corrected chi connectivity index (χ4v) is 4.37. The van der Waals surface area contributed by atoms with E-state index in [0.717, 1.165) is 37.4 Å². The second kappa shape index (κ2) is 6.53. The quantitative estimate of drug-likeness (QED) is 0.426. The maximum Gasteiger partial charge on any atom is 0.212 e. The summed E-state index contributed by atoms with van der Waals surface area (Å²) in [4.78, 5) is 20.0. The molecule has 5 rings (SSSR count). The first-order chi connectivity index (χ1) is 13.3.